The first-order valence-electron chi connectivity index (χ1n) is 8.15. The van der Waals surface area contributed by atoms with E-state index in [1.807, 2.05) is 23.5 Å². The van der Waals surface area contributed by atoms with Gasteiger partial charge >= 0.3 is 189 Å². The maximum atomic E-state index is 2.90. The van der Waals surface area contributed by atoms with Crippen LogP contribution in [-0.4, -0.2) is 14.7 Å². The van der Waals surface area contributed by atoms with E-state index in [9.17, 15) is 0 Å². The summed E-state index contributed by atoms with van der Waals surface area (Å²) in [5.41, 5.74) is 0. The molecule has 0 N–H and O–H groups in total. The van der Waals surface area contributed by atoms with Gasteiger partial charge in [-0.1, -0.05) is 0 Å². The summed E-state index contributed by atoms with van der Waals surface area (Å²) in [6.45, 7) is 0. The molecule has 0 aliphatic carbocycles. The average Bonchev–Trinajstić information content (AvgIpc) is 2.74. The normalized spacial score (nSPS) is 13.0. The van der Waals surface area contributed by atoms with Crippen molar-refractivity contribution < 1.29 is 0 Å². The quantitative estimate of drug-likeness (QED) is 0.226. The standard InChI is InChI=1S/C21H21I2PS2/c1-25-21(26-2)23-24(22,18-12-6-3-7-13-18,19-14-8-4-9-15-19)20-16-10-5-11-17-20/h3-17H,1-2H3. The molecule has 0 bridgehead atoms. The van der Waals surface area contributed by atoms with Crippen LogP contribution in [0.4, 0.5) is 0 Å². The number of hydrogen-bond donors (Lipinski definition) is 0. The average molecular weight is 622 g/mol. The molecular formula is C21H21I2PS2. The summed E-state index contributed by atoms with van der Waals surface area (Å²) in [6.07, 6.45) is 4.45. The third-order valence-electron chi connectivity index (χ3n) is 4.18. The first kappa shape index (κ1) is 20.8. The third kappa shape index (κ3) is 3.82. The first-order valence-corrected chi connectivity index (χ1v) is 19.5. The fraction of sp³-hybridized carbons (Fsp3) is 0.0952. The number of hydrogen-bond acceptors (Lipinski definition) is 2. The second kappa shape index (κ2) is 9.08. The summed E-state index contributed by atoms with van der Waals surface area (Å²) >= 11 is 6.52. The molecule has 136 valence electrons. The Morgan fingerprint density at radius 2 is 0.962 bits per heavy atom. The molecule has 0 aromatic heterocycles. The fourth-order valence-electron chi connectivity index (χ4n) is 2.94. The SMILES string of the molecule is CSC(SC)=IP(I)(c1ccccc1)(c1ccccc1)c1ccccc1. The van der Waals surface area contributed by atoms with Crippen LogP contribution in [0.1, 0.15) is 0 Å². The predicted molar refractivity (Wildman–Crippen MR) is 145 cm³/mol. The minimum absolute atomic E-state index is 0.254. The minimum atomic E-state index is -2.54. The molecule has 0 unspecified atom stereocenters. The Morgan fingerprint density at radius 1 is 0.654 bits per heavy atom. The molecule has 0 amide bonds. The van der Waals surface area contributed by atoms with Crippen molar-refractivity contribution >= 4 is 85.7 Å². The van der Waals surface area contributed by atoms with Gasteiger partial charge < -0.3 is 0 Å². The molecule has 3 aromatic carbocycles. The zero-order chi connectivity index (χ0) is 18.5. The van der Waals surface area contributed by atoms with Crippen molar-refractivity contribution in [1.82, 2.24) is 0 Å². The Labute approximate surface area is 187 Å². The number of rotatable bonds is 6. The Morgan fingerprint density at radius 3 is 1.23 bits per heavy atom. The van der Waals surface area contributed by atoms with E-state index < -0.39 is 1.89 Å². The van der Waals surface area contributed by atoms with Crippen molar-refractivity contribution in [3.63, 3.8) is 0 Å². The van der Waals surface area contributed by atoms with Crippen LogP contribution in [0.25, 0.3) is 0 Å². The summed E-state index contributed by atoms with van der Waals surface area (Å²) in [7, 11) is 0. The van der Waals surface area contributed by atoms with Crippen molar-refractivity contribution in [3.05, 3.63) is 91.0 Å². The molecule has 0 saturated carbocycles. The van der Waals surface area contributed by atoms with Crippen molar-refractivity contribution in [2.24, 2.45) is 0 Å². The summed E-state index contributed by atoms with van der Waals surface area (Å²) in [5.74, 6) is 0. The number of thioether (sulfide) groups is 2. The van der Waals surface area contributed by atoms with Crippen LogP contribution in [0.2, 0.25) is 0 Å². The Hall–Kier alpha value is 0.120. The molecule has 0 fully saturated rings. The van der Waals surface area contributed by atoms with Crippen LogP contribution < -0.4 is 15.9 Å². The van der Waals surface area contributed by atoms with E-state index >= 15 is 0 Å². The maximum absolute atomic E-state index is 2.90. The van der Waals surface area contributed by atoms with Gasteiger partial charge in [0, 0.05) is 0 Å². The molecular weight excluding hydrogens is 601 g/mol. The molecule has 0 saturated heterocycles. The van der Waals surface area contributed by atoms with E-state index in [2.05, 4.69) is 126 Å². The van der Waals surface area contributed by atoms with Crippen molar-refractivity contribution in [2.75, 3.05) is 12.5 Å². The van der Waals surface area contributed by atoms with Crippen LogP contribution in [0, 0.1) is 0 Å². The second-order valence-corrected chi connectivity index (χ2v) is 32.2. The molecule has 3 rings (SSSR count). The van der Waals surface area contributed by atoms with Crippen LogP contribution >= 0.6 is 67.6 Å². The van der Waals surface area contributed by atoms with Gasteiger partial charge in [0.05, 0.1) is 0 Å². The molecule has 0 atom stereocenters. The molecule has 0 heterocycles. The van der Waals surface area contributed by atoms with Crippen LogP contribution in [0.3, 0.4) is 0 Å². The van der Waals surface area contributed by atoms with E-state index in [1.54, 1.807) is 2.17 Å². The molecule has 26 heavy (non-hydrogen) atoms. The predicted octanol–water partition coefficient (Wildman–Crippen LogP) is 6.57. The Balaban J connectivity index is 2.50. The van der Waals surface area contributed by atoms with Crippen molar-refractivity contribution in [2.45, 2.75) is 0 Å². The molecule has 0 spiro atoms. The van der Waals surface area contributed by atoms with Gasteiger partial charge in [-0.3, -0.25) is 0 Å². The van der Waals surface area contributed by atoms with E-state index in [0.717, 1.165) is 0 Å². The van der Waals surface area contributed by atoms with Gasteiger partial charge in [0.15, 0.2) is 0 Å². The van der Waals surface area contributed by atoms with Gasteiger partial charge in [-0.15, -0.1) is 0 Å². The van der Waals surface area contributed by atoms with Gasteiger partial charge in [-0.2, -0.15) is 0 Å². The van der Waals surface area contributed by atoms with Crippen LogP contribution in [-0.2, 0) is 0 Å². The summed E-state index contributed by atoms with van der Waals surface area (Å²) in [4.78, 5) is 0. The fourth-order valence-corrected chi connectivity index (χ4v) is 36.0. The summed E-state index contributed by atoms with van der Waals surface area (Å²) in [5, 5.41) is 4.47. The molecule has 0 radical (unpaired) electrons. The van der Waals surface area contributed by atoms with E-state index in [0.29, 0.717) is 0 Å². The summed E-state index contributed by atoms with van der Waals surface area (Å²) in [6, 6.07) is 33.7. The molecule has 0 aliphatic heterocycles. The van der Waals surface area contributed by atoms with Crippen LogP contribution in [0.5, 0.6) is 0 Å². The van der Waals surface area contributed by atoms with Crippen molar-refractivity contribution in [1.29, 1.82) is 0 Å². The van der Waals surface area contributed by atoms with Crippen molar-refractivity contribution in [3.8, 4) is 0 Å². The van der Waals surface area contributed by atoms with Crippen LogP contribution in [0.15, 0.2) is 91.0 Å². The number of benzene rings is 3. The monoisotopic (exact) mass is 622 g/mol. The van der Waals surface area contributed by atoms with Gasteiger partial charge in [0.2, 0.25) is 0 Å². The zero-order valence-corrected chi connectivity index (χ0v) is 21.5. The van der Waals surface area contributed by atoms with Gasteiger partial charge in [0.25, 0.3) is 0 Å². The Kier molecular flexibility index (Phi) is 7.28. The van der Waals surface area contributed by atoms with Gasteiger partial charge in [-0.05, 0) is 0 Å². The first-order chi connectivity index (χ1) is 12.6. The molecule has 5 heteroatoms. The Bertz CT molecular complexity index is 778. The van der Waals surface area contributed by atoms with E-state index in [1.165, 1.54) is 15.9 Å². The molecule has 3 aromatic rings. The van der Waals surface area contributed by atoms with E-state index in [4.69, 9.17) is 0 Å². The topological polar surface area (TPSA) is 0 Å². The summed E-state index contributed by atoms with van der Waals surface area (Å²) < 4.78 is -0.950. The number of halogens is 2. The second-order valence-electron chi connectivity index (χ2n) is 5.64. The zero-order valence-electron chi connectivity index (χ0n) is 14.7. The van der Waals surface area contributed by atoms with Gasteiger partial charge in [-0.25, -0.2) is 0 Å². The molecule has 0 nitrogen and oxygen atoms in total. The molecule has 0 aliphatic rings. The third-order valence-corrected chi connectivity index (χ3v) is 32.9. The van der Waals surface area contributed by atoms with E-state index in [-0.39, 0.29) is 20.2 Å². The van der Waals surface area contributed by atoms with Gasteiger partial charge in [0.1, 0.15) is 0 Å².